The first-order chi connectivity index (χ1) is 13.7. The van der Waals surface area contributed by atoms with Crippen molar-refractivity contribution < 1.29 is 9.18 Å². The van der Waals surface area contributed by atoms with Crippen molar-refractivity contribution in [1.29, 1.82) is 0 Å². The van der Waals surface area contributed by atoms with Gasteiger partial charge in [-0.1, -0.05) is 23.5 Å². The van der Waals surface area contributed by atoms with Gasteiger partial charge in [0.05, 0.1) is 6.20 Å². The molecule has 140 valence electrons. The van der Waals surface area contributed by atoms with Gasteiger partial charge in [0.15, 0.2) is 5.82 Å². The molecule has 1 amide bonds. The number of carbonyl (C=O) groups excluding carboxylic acids is 1. The van der Waals surface area contributed by atoms with Crippen LogP contribution in [0, 0.1) is 5.82 Å². The maximum Gasteiger partial charge on any atom is 0.262 e. The van der Waals surface area contributed by atoms with Crippen molar-refractivity contribution in [2.75, 3.05) is 5.32 Å². The minimum atomic E-state index is -0.427. The Kier molecular flexibility index (Phi) is 4.01. The van der Waals surface area contributed by atoms with Gasteiger partial charge in [-0.25, -0.2) is 9.07 Å². The van der Waals surface area contributed by atoms with Crippen LogP contribution in [0.4, 0.5) is 9.52 Å². The normalized spacial score (nSPS) is 13.6. The number of amides is 1. The number of rotatable bonds is 5. The van der Waals surface area contributed by atoms with Crippen LogP contribution >= 0.6 is 11.3 Å². The Labute approximate surface area is 163 Å². The molecule has 0 atom stereocenters. The van der Waals surface area contributed by atoms with Gasteiger partial charge in [-0.2, -0.15) is 5.10 Å². The van der Waals surface area contributed by atoms with Gasteiger partial charge in [-0.3, -0.25) is 10.1 Å². The summed E-state index contributed by atoms with van der Waals surface area (Å²) in [5.41, 5.74) is 0.569. The fourth-order valence-corrected chi connectivity index (χ4v) is 3.88. The molecule has 0 radical (unpaired) electrons. The standard InChI is InChI=1S/C19H15FN6OS/c20-14-5-1-2-6-15(14)26-18(25-9-3-4-10-25)13(11-21-26)16(27)22-19-24-23-17(28-19)12-7-8-12/h1-6,9-12H,7-8H2,(H,22,24,27). The average Bonchev–Trinajstić information content (AvgIpc) is 3.11. The summed E-state index contributed by atoms with van der Waals surface area (Å²) in [5.74, 6) is 0.121. The molecule has 0 saturated heterocycles. The Hall–Kier alpha value is -3.33. The first kappa shape index (κ1) is 16.8. The van der Waals surface area contributed by atoms with Crippen molar-refractivity contribution in [3.05, 3.63) is 71.4 Å². The van der Waals surface area contributed by atoms with E-state index in [1.807, 2.05) is 12.1 Å². The van der Waals surface area contributed by atoms with E-state index in [0.29, 0.717) is 22.4 Å². The molecule has 1 aliphatic carbocycles. The molecule has 0 spiro atoms. The van der Waals surface area contributed by atoms with Crippen LogP contribution in [0.2, 0.25) is 0 Å². The van der Waals surface area contributed by atoms with Crippen molar-refractivity contribution in [3.8, 4) is 11.5 Å². The summed E-state index contributed by atoms with van der Waals surface area (Å²) in [5, 5.41) is 16.7. The summed E-state index contributed by atoms with van der Waals surface area (Å²) in [6, 6.07) is 9.96. The SMILES string of the molecule is O=C(Nc1nnc(C2CC2)s1)c1cnn(-c2ccccc2F)c1-n1cccc1. The summed E-state index contributed by atoms with van der Waals surface area (Å²) in [4.78, 5) is 12.9. The Balaban J connectivity index is 1.53. The predicted octanol–water partition coefficient (Wildman–Crippen LogP) is 3.78. The predicted molar refractivity (Wildman–Crippen MR) is 103 cm³/mol. The largest absolute Gasteiger partial charge is 0.308 e. The number of nitrogens with one attached hydrogen (secondary N) is 1. The van der Waals surface area contributed by atoms with Gasteiger partial charge in [0.1, 0.15) is 22.1 Å². The molecule has 0 bridgehead atoms. The number of anilines is 1. The first-order valence-electron chi connectivity index (χ1n) is 8.82. The second kappa shape index (κ2) is 6.68. The molecule has 3 heterocycles. The summed E-state index contributed by atoms with van der Waals surface area (Å²) in [6.45, 7) is 0. The second-order valence-electron chi connectivity index (χ2n) is 6.51. The van der Waals surface area contributed by atoms with Gasteiger partial charge in [0.25, 0.3) is 5.91 Å². The number of hydrogen-bond acceptors (Lipinski definition) is 5. The van der Waals surface area contributed by atoms with Crippen LogP contribution in [0.25, 0.3) is 11.5 Å². The maximum atomic E-state index is 14.4. The molecule has 5 rings (SSSR count). The monoisotopic (exact) mass is 394 g/mol. The zero-order chi connectivity index (χ0) is 19.1. The minimum absolute atomic E-state index is 0.261. The number of para-hydroxylation sites is 1. The van der Waals surface area contributed by atoms with Gasteiger partial charge in [0, 0.05) is 18.3 Å². The van der Waals surface area contributed by atoms with Crippen LogP contribution in [0.15, 0.2) is 55.0 Å². The molecular weight excluding hydrogens is 379 g/mol. The second-order valence-corrected chi connectivity index (χ2v) is 7.52. The number of aromatic nitrogens is 5. The molecule has 1 fully saturated rings. The molecule has 1 aromatic carbocycles. The van der Waals surface area contributed by atoms with Crippen LogP contribution in [0.1, 0.15) is 34.1 Å². The van der Waals surface area contributed by atoms with Crippen molar-refractivity contribution in [2.24, 2.45) is 0 Å². The number of benzene rings is 1. The molecule has 0 unspecified atom stereocenters. The fraction of sp³-hybridized carbons (Fsp3) is 0.158. The lowest BCUT2D eigenvalue weighted by Gasteiger charge is -2.11. The zero-order valence-corrected chi connectivity index (χ0v) is 15.4. The van der Waals surface area contributed by atoms with Crippen molar-refractivity contribution in [2.45, 2.75) is 18.8 Å². The van der Waals surface area contributed by atoms with Crippen molar-refractivity contribution in [3.63, 3.8) is 0 Å². The number of halogens is 1. The van der Waals surface area contributed by atoms with E-state index in [0.717, 1.165) is 17.8 Å². The van der Waals surface area contributed by atoms with E-state index in [1.54, 1.807) is 35.2 Å². The lowest BCUT2D eigenvalue weighted by molar-refractivity contribution is 0.102. The fourth-order valence-electron chi connectivity index (χ4n) is 2.97. The summed E-state index contributed by atoms with van der Waals surface area (Å²) in [7, 11) is 0. The van der Waals surface area contributed by atoms with E-state index in [2.05, 4.69) is 20.6 Å². The lowest BCUT2D eigenvalue weighted by Crippen LogP contribution is -2.15. The molecule has 7 nitrogen and oxygen atoms in total. The Bertz CT molecular complexity index is 1150. The highest BCUT2D eigenvalue weighted by atomic mass is 32.1. The first-order valence-corrected chi connectivity index (χ1v) is 9.63. The highest BCUT2D eigenvalue weighted by molar-refractivity contribution is 7.15. The highest BCUT2D eigenvalue weighted by Crippen LogP contribution is 2.42. The third kappa shape index (κ3) is 2.99. The molecule has 4 aromatic rings. The Morgan fingerprint density at radius 3 is 2.68 bits per heavy atom. The van der Waals surface area contributed by atoms with E-state index in [9.17, 15) is 9.18 Å². The van der Waals surface area contributed by atoms with E-state index in [-0.39, 0.29) is 11.6 Å². The smallest absolute Gasteiger partial charge is 0.262 e. The number of nitrogens with zero attached hydrogens (tertiary/aromatic N) is 5. The van der Waals surface area contributed by atoms with Crippen LogP contribution in [0.5, 0.6) is 0 Å². The van der Waals surface area contributed by atoms with E-state index >= 15 is 0 Å². The molecule has 3 aromatic heterocycles. The molecule has 1 N–H and O–H groups in total. The van der Waals surface area contributed by atoms with E-state index < -0.39 is 5.82 Å². The average molecular weight is 394 g/mol. The molecule has 28 heavy (non-hydrogen) atoms. The van der Waals surface area contributed by atoms with Gasteiger partial charge in [-0.05, 0) is 37.1 Å². The highest BCUT2D eigenvalue weighted by Gasteiger charge is 2.28. The number of carbonyl (C=O) groups is 1. The molecule has 1 saturated carbocycles. The van der Waals surface area contributed by atoms with E-state index in [4.69, 9.17) is 0 Å². The van der Waals surface area contributed by atoms with Crippen LogP contribution in [-0.2, 0) is 0 Å². The third-order valence-electron chi connectivity index (χ3n) is 4.51. The zero-order valence-electron chi connectivity index (χ0n) is 14.6. The molecule has 0 aliphatic heterocycles. The lowest BCUT2D eigenvalue weighted by atomic mass is 10.2. The quantitative estimate of drug-likeness (QED) is 0.559. The Morgan fingerprint density at radius 2 is 1.93 bits per heavy atom. The third-order valence-corrected chi connectivity index (χ3v) is 5.51. The maximum absolute atomic E-state index is 14.4. The van der Waals surface area contributed by atoms with E-state index in [1.165, 1.54) is 28.3 Å². The van der Waals surface area contributed by atoms with Gasteiger partial charge >= 0.3 is 0 Å². The van der Waals surface area contributed by atoms with Crippen LogP contribution < -0.4 is 5.32 Å². The minimum Gasteiger partial charge on any atom is -0.308 e. The number of hydrogen-bond donors (Lipinski definition) is 1. The molecule has 9 heteroatoms. The van der Waals surface area contributed by atoms with Gasteiger partial charge in [-0.15, -0.1) is 10.2 Å². The molecule has 1 aliphatic rings. The van der Waals surface area contributed by atoms with Gasteiger partial charge in [0.2, 0.25) is 5.13 Å². The van der Waals surface area contributed by atoms with Crippen molar-refractivity contribution in [1.82, 2.24) is 24.5 Å². The Morgan fingerprint density at radius 1 is 1.14 bits per heavy atom. The van der Waals surface area contributed by atoms with Crippen molar-refractivity contribution >= 4 is 22.4 Å². The summed E-state index contributed by atoms with van der Waals surface area (Å²) >= 11 is 1.39. The summed E-state index contributed by atoms with van der Waals surface area (Å²) in [6.07, 6.45) is 7.23. The van der Waals surface area contributed by atoms with Gasteiger partial charge < -0.3 is 4.57 Å². The van der Waals surface area contributed by atoms with Crippen LogP contribution in [-0.4, -0.2) is 30.5 Å². The summed E-state index contributed by atoms with van der Waals surface area (Å²) < 4.78 is 17.5. The topological polar surface area (TPSA) is 77.6 Å². The van der Waals surface area contributed by atoms with Crippen LogP contribution in [0.3, 0.4) is 0 Å². The molecular formula is C19H15FN6OS.